The highest BCUT2D eigenvalue weighted by Crippen LogP contribution is 2.37. The van der Waals surface area contributed by atoms with E-state index >= 15 is 0 Å². The summed E-state index contributed by atoms with van der Waals surface area (Å²) in [5.74, 6) is 0. The van der Waals surface area contributed by atoms with Gasteiger partial charge in [-0.2, -0.15) is 13.2 Å². The first-order valence-electron chi connectivity index (χ1n) is 6.17. The molecule has 1 fully saturated rings. The van der Waals surface area contributed by atoms with Crippen LogP contribution in [-0.4, -0.2) is 17.3 Å². The first-order valence-corrected chi connectivity index (χ1v) is 6.97. The summed E-state index contributed by atoms with van der Waals surface area (Å²) in [6, 6.07) is 4.11. The van der Waals surface area contributed by atoms with E-state index in [9.17, 15) is 18.3 Å². The first kappa shape index (κ1) is 14.7. The van der Waals surface area contributed by atoms with Gasteiger partial charge in [0.1, 0.15) is 0 Å². The number of halogens is 4. The van der Waals surface area contributed by atoms with Crippen molar-refractivity contribution in [2.24, 2.45) is 0 Å². The van der Waals surface area contributed by atoms with Crippen LogP contribution >= 0.6 is 15.9 Å². The number of aliphatic hydroxyl groups is 1. The van der Waals surface area contributed by atoms with Crippen LogP contribution in [0.25, 0.3) is 0 Å². The SMILES string of the molecule is OC1CCC(Nc2ccc(Br)cc2C(F)(F)F)CC1. The highest BCUT2D eigenvalue weighted by atomic mass is 79.9. The Morgan fingerprint density at radius 3 is 2.37 bits per heavy atom. The van der Waals surface area contributed by atoms with Gasteiger partial charge in [0.05, 0.1) is 11.7 Å². The Kier molecular flexibility index (Phi) is 4.40. The maximum atomic E-state index is 12.9. The first-order chi connectivity index (χ1) is 8.86. The molecule has 0 amide bonds. The van der Waals surface area contributed by atoms with E-state index in [-0.39, 0.29) is 17.8 Å². The molecular formula is C13H15BrF3NO. The number of alkyl halides is 3. The summed E-state index contributed by atoms with van der Waals surface area (Å²) < 4.78 is 39.2. The number of aliphatic hydroxyl groups excluding tert-OH is 1. The monoisotopic (exact) mass is 337 g/mol. The molecule has 19 heavy (non-hydrogen) atoms. The molecule has 1 saturated carbocycles. The molecule has 0 aliphatic heterocycles. The Hall–Kier alpha value is -0.750. The molecule has 0 spiro atoms. The maximum absolute atomic E-state index is 12.9. The van der Waals surface area contributed by atoms with Crippen LogP contribution < -0.4 is 5.32 Å². The topological polar surface area (TPSA) is 32.3 Å². The van der Waals surface area contributed by atoms with Crippen molar-refractivity contribution in [1.29, 1.82) is 0 Å². The molecule has 2 N–H and O–H groups in total. The van der Waals surface area contributed by atoms with Gasteiger partial charge in [0.25, 0.3) is 0 Å². The summed E-state index contributed by atoms with van der Waals surface area (Å²) in [6.45, 7) is 0. The lowest BCUT2D eigenvalue weighted by Gasteiger charge is -2.28. The molecular weight excluding hydrogens is 323 g/mol. The van der Waals surface area contributed by atoms with Crippen molar-refractivity contribution >= 4 is 21.6 Å². The summed E-state index contributed by atoms with van der Waals surface area (Å²) in [4.78, 5) is 0. The molecule has 0 heterocycles. The predicted octanol–water partition coefficient (Wildman–Crippen LogP) is 4.18. The second-order valence-electron chi connectivity index (χ2n) is 4.84. The summed E-state index contributed by atoms with van der Waals surface area (Å²) in [5, 5.41) is 12.4. The Morgan fingerprint density at radius 2 is 1.79 bits per heavy atom. The molecule has 0 unspecified atom stereocenters. The maximum Gasteiger partial charge on any atom is 0.418 e. The lowest BCUT2D eigenvalue weighted by Crippen LogP contribution is -2.29. The van der Waals surface area contributed by atoms with E-state index < -0.39 is 11.7 Å². The van der Waals surface area contributed by atoms with Gasteiger partial charge < -0.3 is 10.4 Å². The molecule has 2 rings (SSSR count). The second kappa shape index (κ2) is 5.71. The van der Waals surface area contributed by atoms with E-state index in [0.717, 1.165) is 6.07 Å². The molecule has 2 nitrogen and oxygen atoms in total. The van der Waals surface area contributed by atoms with Gasteiger partial charge >= 0.3 is 6.18 Å². The fraction of sp³-hybridized carbons (Fsp3) is 0.538. The number of benzene rings is 1. The summed E-state index contributed by atoms with van der Waals surface area (Å²) >= 11 is 3.06. The van der Waals surface area contributed by atoms with E-state index in [1.54, 1.807) is 6.07 Å². The van der Waals surface area contributed by atoms with E-state index in [2.05, 4.69) is 21.2 Å². The quantitative estimate of drug-likeness (QED) is 0.848. The number of hydrogen-bond donors (Lipinski definition) is 2. The van der Waals surface area contributed by atoms with Gasteiger partial charge in [-0.1, -0.05) is 15.9 Å². The lowest BCUT2D eigenvalue weighted by atomic mass is 9.93. The Labute approximate surface area is 118 Å². The van der Waals surface area contributed by atoms with Crippen molar-refractivity contribution in [3.8, 4) is 0 Å². The van der Waals surface area contributed by atoms with Crippen LogP contribution in [0.4, 0.5) is 18.9 Å². The molecule has 0 atom stereocenters. The van der Waals surface area contributed by atoms with E-state index in [0.29, 0.717) is 30.2 Å². The van der Waals surface area contributed by atoms with Gasteiger partial charge in [0.15, 0.2) is 0 Å². The van der Waals surface area contributed by atoms with Crippen LogP contribution in [0, 0.1) is 0 Å². The fourth-order valence-electron chi connectivity index (χ4n) is 2.32. The van der Waals surface area contributed by atoms with Crippen molar-refractivity contribution in [3.05, 3.63) is 28.2 Å². The van der Waals surface area contributed by atoms with Gasteiger partial charge in [0.2, 0.25) is 0 Å². The Balaban J connectivity index is 2.16. The summed E-state index contributed by atoms with van der Waals surface area (Å²) in [5.41, 5.74) is -0.551. The molecule has 1 aromatic carbocycles. The minimum absolute atomic E-state index is 0.00863. The predicted molar refractivity (Wildman–Crippen MR) is 71.0 cm³/mol. The minimum atomic E-state index is -4.37. The number of hydrogen-bond acceptors (Lipinski definition) is 2. The highest BCUT2D eigenvalue weighted by molar-refractivity contribution is 9.10. The minimum Gasteiger partial charge on any atom is -0.393 e. The van der Waals surface area contributed by atoms with Crippen LogP contribution in [0.5, 0.6) is 0 Å². The smallest absolute Gasteiger partial charge is 0.393 e. The third kappa shape index (κ3) is 3.86. The second-order valence-corrected chi connectivity index (χ2v) is 5.75. The van der Waals surface area contributed by atoms with Crippen molar-refractivity contribution in [3.63, 3.8) is 0 Å². The zero-order valence-electron chi connectivity index (χ0n) is 10.2. The molecule has 1 aliphatic carbocycles. The van der Waals surface area contributed by atoms with Crippen LogP contribution in [0.15, 0.2) is 22.7 Å². The van der Waals surface area contributed by atoms with E-state index in [1.807, 2.05) is 0 Å². The van der Waals surface area contributed by atoms with Crippen molar-refractivity contribution < 1.29 is 18.3 Å². The van der Waals surface area contributed by atoms with Crippen LogP contribution in [0.1, 0.15) is 31.2 Å². The Morgan fingerprint density at radius 1 is 1.16 bits per heavy atom. The average Bonchev–Trinajstić information content (AvgIpc) is 2.33. The van der Waals surface area contributed by atoms with Gasteiger partial charge in [0, 0.05) is 16.2 Å². The normalized spacial score (nSPS) is 24.3. The van der Waals surface area contributed by atoms with Gasteiger partial charge in [-0.25, -0.2) is 0 Å². The largest absolute Gasteiger partial charge is 0.418 e. The molecule has 6 heteroatoms. The highest BCUT2D eigenvalue weighted by Gasteiger charge is 2.34. The van der Waals surface area contributed by atoms with Gasteiger partial charge in [-0.05, 0) is 43.9 Å². The average molecular weight is 338 g/mol. The molecule has 1 aromatic rings. The van der Waals surface area contributed by atoms with Gasteiger partial charge in [-0.3, -0.25) is 0 Å². The van der Waals surface area contributed by atoms with Gasteiger partial charge in [-0.15, -0.1) is 0 Å². The molecule has 1 aliphatic rings. The van der Waals surface area contributed by atoms with Crippen molar-refractivity contribution in [2.75, 3.05) is 5.32 Å². The third-order valence-electron chi connectivity index (χ3n) is 3.34. The zero-order valence-corrected chi connectivity index (χ0v) is 11.8. The molecule has 0 saturated heterocycles. The van der Waals surface area contributed by atoms with Crippen LogP contribution in [0.3, 0.4) is 0 Å². The number of rotatable bonds is 2. The molecule has 0 aromatic heterocycles. The van der Waals surface area contributed by atoms with Crippen LogP contribution in [-0.2, 0) is 6.18 Å². The third-order valence-corrected chi connectivity index (χ3v) is 3.84. The van der Waals surface area contributed by atoms with Crippen LogP contribution in [0.2, 0.25) is 0 Å². The molecule has 0 radical (unpaired) electrons. The number of anilines is 1. The van der Waals surface area contributed by atoms with Crippen molar-refractivity contribution in [2.45, 2.75) is 44.0 Å². The summed E-state index contributed by atoms with van der Waals surface area (Å²) in [6.07, 6.45) is -2.04. The fourth-order valence-corrected chi connectivity index (χ4v) is 2.68. The summed E-state index contributed by atoms with van der Waals surface area (Å²) in [7, 11) is 0. The number of nitrogens with one attached hydrogen (secondary N) is 1. The lowest BCUT2D eigenvalue weighted by molar-refractivity contribution is -0.137. The standard InChI is InChI=1S/C13H15BrF3NO/c14-8-1-6-12(11(7-8)13(15,16)17)18-9-2-4-10(19)5-3-9/h1,6-7,9-10,18-19H,2-5H2. The van der Waals surface area contributed by atoms with E-state index in [4.69, 9.17) is 0 Å². The molecule has 0 bridgehead atoms. The zero-order chi connectivity index (χ0) is 14.0. The molecule has 106 valence electrons. The van der Waals surface area contributed by atoms with Crippen molar-refractivity contribution in [1.82, 2.24) is 0 Å². The Bertz CT molecular complexity index is 442. The van der Waals surface area contributed by atoms with E-state index in [1.165, 1.54) is 6.07 Å².